The van der Waals surface area contributed by atoms with Crippen LogP contribution in [-0.2, 0) is 7.05 Å². The van der Waals surface area contributed by atoms with Crippen molar-refractivity contribution in [3.05, 3.63) is 46.1 Å². The van der Waals surface area contributed by atoms with Gasteiger partial charge in [0.25, 0.3) is 11.6 Å². The van der Waals surface area contributed by atoms with Crippen LogP contribution in [0.25, 0.3) is 0 Å². The molecule has 20 heavy (non-hydrogen) atoms. The highest BCUT2D eigenvalue weighted by Crippen LogP contribution is 2.25. The fourth-order valence-corrected chi connectivity index (χ4v) is 1.72. The average molecular weight is 275 g/mol. The fourth-order valence-electron chi connectivity index (χ4n) is 1.72. The van der Waals surface area contributed by atoms with Gasteiger partial charge in [0.2, 0.25) is 0 Å². The molecule has 1 aromatic carbocycles. The predicted octanol–water partition coefficient (Wildman–Crippen LogP) is 1.62. The van der Waals surface area contributed by atoms with Crippen LogP contribution in [0, 0.1) is 10.1 Å². The first-order chi connectivity index (χ1) is 9.52. The fraction of sp³-hybridized carbons (Fsp3) is 0.167. The molecule has 8 nitrogen and oxygen atoms in total. The Hall–Kier alpha value is -2.90. The number of nitro groups is 1. The van der Waals surface area contributed by atoms with Gasteiger partial charge < -0.3 is 10.6 Å². The molecule has 0 bridgehead atoms. The Morgan fingerprint density at radius 2 is 2.15 bits per heavy atom. The number of hydrogen-bond acceptors (Lipinski definition) is 5. The van der Waals surface area contributed by atoms with E-state index >= 15 is 0 Å². The topological polar surface area (TPSA) is 102 Å². The summed E-state index contributed by atoms with van der Waals surface area (Å²) < 4.78 is 1.49. The van der Waals surface area contributed by atoms with Crippen LogP contribution in [0.5, 0.6) is 0 Å². The molecule has 1 heterocycles. The normalized spacial score (nSPS) is 10.1. The molecule has 0 spiro atoms. The summed E-state index contributed by atoms with van der Waals surface area (Å²) in [7, 11) is 3.26. The van der Waals surface area contributed by atoms with Gasteiger partial charge in [-0.05, 0) is 12.1 Å². The lowest BCUT2D eigenvalue weighted by atomic mass is 10.1. The van der Waals surface area contributed by atoms with E-state index in [9.17, 15) is 14.9 Å². The molecule has 0 aliphatic rings. The Labute approximate surface area is 114 Å². The van der Waals surface area contributed by atoms with E-state index in [-0.39, 0.29) is 11.3 Å². The minimum atomic E-state index is -0.535. The number of amides is 1. The summed E-state index contributed by atoms with van der Waals surface area (Å²) in [5.41, 5.74) is 0.411. The molecule has 0 fully saturated rings. The number of anilines is 2. The third-order valence-corrected chi connectivity index (χ3v) is 2.79. The summed E-state index contributed by atoms with van der Waals surface area (Å²) in [5.74, 6) is 0.0784. The van der Waals surface area contributed by atoms with Crippen LogP contribution in [-0.4, -0.2) is 27.7 Å². The van der Waals surface area contributed by atoms with Crippen LogP contribution in [0.15, 0.2) is 30.5 Å². The maximum atomic E-state index is 12.0. The molecule has 0 saturated carbocycles. The number of carbonyl (C=O) groups is 1. The van der Waals surface area contributed by atoms with Crippen molar-refractivity contribution in [1.29, 1.82) is 0 Å². The second kappa shape index (κ2) is 5.39. The predicted molar refractivity (Wildman–Crippen MR) is 73.8 cm³/mol. The number of aryl methyl sites for hydroxylation is 1. The van der Waals surface area contributed by atoms with E-state index in [2.05, 4.69) is 15.7 Å². The highest BCUT2D eigenvalue weighted by atomic mass is 16.6. The van der Waals surface area contributed by atoms with Gasteiger partial charge in [-0.3, -0.25) is 19.6 Å². The van der Waals surface area contributed by atoms with Crippen molar-refractivity contribution in [1.82, 2.24) is 9.78 Å². The zero-order chi connectivity index (χ0) is 14.7. The van der Waals surface area contributed by atoms with Crippen molar-refractivity contribution in [2.24, 2.45) is 7.05 Å². The lowest BCUT2D eigenvalue weighted by molar-refractivity contribution is -0.384. The number of aromatic nitrogens is 2. The van der Waals surface area contributed by atoms with E-state index in [0.717, 1.165) is 0 Å². The number of nitro benzene ring substituents is 1. The molecule has 2 N–H and O–H groups in total. The van der Waals surface area contributed by atoms with Gasteiger partial charge in [0.15, 0.2) is 0 Å². The molecule has 0 aliphatic heterocycles. The number of benzene rings is 1. The van der Waals surface area contributed by atoms with Gasteiger partial charge in [-0.25, -0.2) is 0 Å². The quantitative estimate of drug-likeness (QED) is 0.652. The zero-order valence-corrected chi connectivity index (χ0v) is 11.0. The summed E-state index contributed by atoms with van der Waals surface area (Å²) in [6.45, 7) is 0. The van der Waals surface area contributed by atoms with Crippen molar-refractivity contribution in [2.45, 2.75) is 0 Å². The van der Waals surface area contributed by atoms with Gasteiger partial charge in [-0.1, -0.05) is 0 Å². The summed E-state index contributed by atoms with van der Waals surface area (Å²) in [6.07, 6.45) is 1.54. The molecule has 0 saturated heterocycles. The number of nitrogens with zero attached hydrogens (tertiary/aromatic N) is 3. The Bertz CT molecular complexity index is 665. The average Bonchev–Trinajstić information content (AvgIpc) is 2.83. The number of carbonyl (C=O) groups excluding carboxylic acids is 1. The third kappa shape index (κ3) is 2.58. The van der Waals surface area contributed by atoms with Crippen LogP contribution < -0.4 is 10.6 Å². The van der Waals surface area contributed by atoms with Crippen LogP contribution in [0.3, 0.4) is 0 Å². The van der Waals surface area contributed by atoms with Gasteiger partial charge >= 0.3 is 0 Å². The van der Waals surface area contributed by atoms with E-state index in [1.807, 2.05) is 0 Å². The van der Waals surface area contributed by atoms with Crippen LogP contribution in [0.1, 0.15) is 10.4 Å². The summed E-state index contributed by atoms with van der Waals surface area (Å²) in [4.78, 5) is 22.5. The second-order valence-corrected chi connectivity index (χ2v) is 4.03. The van der Waals surface area contributed by atoms with Gasteiger partial charge in [0.05, 0.1) is 11.1 Å². The van der Waals surface area contributed by atoms with Gasteiger partial charge in [-0.15, -0.1) is 0 Å². The Kier molecular flexibility index (Phi) is 3.65. The molecular formula is C12H13N5O3. The molecule has 1 aromatic heterocycles. The Morgan fingerprint density at radius 3 is 2.70 bits per heavy atom. The minimum absolute atomic E-state index is 0.148. The molecule has 0 aliphatic carbocycles. The van der Waals surface area contributed by atoms with Crippen molar-refractivity contribution in [3.63, 3.8) is 0 Å². The molecule has 2 aromatic rings. The minimum Gasteiger partial charge on any atom is -0.383 e. The van der Waals surface area contributed by atoms with E-state index in [4.69, 9.17) is 0 Å². The molecule has 0 radical (unpaired) electrons. The smallest absolute Gasteiger partial charge is 0.293 e. The second-order valence-electron chi connectivity index (χ2n) is 4.03. The highest BCUT2D eigenvalue weighted by Gasteiger charge is 2.17. The van der Waals surface area contributed by atoms with Crippen molar-refractivity contribution < 1.29 is 9.72 Å². The van der Waals surface area contributed by atoms with Crippen LogP contribution in [0.4, 0.5) is 17.2 Å². The molecule has 0 unspecified atom stereocenters. The first kappa shape index (κ1) is 13.5. The maximum Gasteiger partial charge on any atom is 0.293 e. The number of rotatable bonds is 4. The van der Waals surface area contributed by atoms with E-state index in [1.54, 1.807) is 26.4 Å². The summed E-state index contributed by atoms with van der Waals surface area (Å²) in [5, 5.41) is 20.2. The Balaban J connectivity index is 2.29. The molecule has 2 rings (SSSR count). The first-order valence-electron chi connectivity index (χ1n) is 5.78. The highest BCUT2D eigenvalue weighted by molar-refractivity contribution is 6.04. The van der Waals surface area contributed by atoms with Gasteiger partial charge in [0.1, 0.15) is 11.5 Å². The lowest BCUT2D eigenvalue weighted by Gasteiger charge is -2.07. The van der Waals surface area contributed by atoms with E-state index in [0.29, 0.717) is 11.5 Å². The van der Waals surface area contributed by atoms with Crippen LogP contribution >= 0.6 is 0 Å². The molecule has 8 heteroatoms. The molecule has 1 amide bonds. The van der Waals surface area contributed by atoms with Gasteiger partial charge in [0, 0.05) is 31.8 Å². The monoisotopic (exact) mass is 275 g/mol. The largest absolute Gasteiger partial charge is 0.383 e. The zero-order valence-electron chi connectivity index (χ0n) is 11.0. The molecule has 104 valence electrons. The Morgan fingerprint density at radius 1 is 1.40 bits per heavy atom. The SMILES string of the molecule is CNc1ccc(C(=O)Nc2ccnn2C)cc1[N+](=O)[O-]. The summed E-state index contributed by atoms with van der Waals surface area (Å²) in [6, 6.07) is 5.88. The molecular weight excluding hydrogens is 262 g/mol. The third-order valence-electron chi connectivity index (χ3n) is 2.79. The van der Waals surface area contributed by atoms with E-state index < -0.39 is 10.8 Å². The lowest BCUT2D eigenvalue weighted by Crippen LogP contribution is -2.15. The summed E-state index contributed by atoms with van der Waals surface area (Å²) >= 11 is 0. The number of nitrogens with one attached hydrogen (secondary N) is 2. The van der Waals surface area contributed by atoms with Crippen molar-refractivity contribution >= 4 is 23.1 Å². The van der Waals surface area contributed by atoms with Crippen molar-refractivity contribution in [2.75, 3.05) is 17.7 Å². The van der Waals surface area contributed by atoms with E-state index in [1.165, 1.54) is 22.9 Å². The van der Waals surface area contributed by atoms with Gasteiger partial charge in [-0.2, -0.15) is 5.10 Å². The number of hydrogen-bond donors (Lipinski definition) is 2. The first-order valence-corrected chi connectivity index (χ1v) is 5.78. The van der Waals surface area contributed by atoms with Crippen LogP contribution in [0.2, 0.25) is 0 Å². The van der Waals surface area contributed by atoms with Crippen molar-refractivity contribution in [3.8, 4) is 0 Å². The standard InChI is InChI=1S/C12H13N5O3/c1-13-9-4-3-8(7-10(9)17(19)20)12(18)15-11-5-6-14-16(11)2/h3-7,13H,1-2H3,(H,15,18). The molecule has 0 atom stereocenters. The maximum absolute atomic E-state index is 12.0.